The summed E-state index contributed by atoms with van der Waals surface area (Å²) in [4.78, 5) is 31.1. The first-order valence-corrected chi connectivity index (χ1v) is 11.2. The van der Waals surface area contributed by atoms with Crippen LogP contribution in [0.15, 0.2) is 66.9 Å². The zero-order chi connectivity index (χ0) is 22.8. The predicted octanol–water partition coefficient (Wildman–Crippen LogP) is 4.04. The molecule has 1 aromatic heterocycles. The third-order valence-corrected chi connectivity index (χ3v) is 6.32. The highest BCUT2D eigenvalue weighted by Crippen LogP contribution is 2.44. The molecule has 1 aliphatic carbocycles. The van der Waals surface area contributed by atoms with E-state index in [1.807, 2.05) is 24.3 Å². The van der Waals surface area contributed by atoms with E-state index in [9.17, 15) is 14.7 Å². The maximum absolute atomic E-state index is 12.7. The lowest BCUT2D eigenvalue weighted by molar-refractivity contribution is 0.0541. The second-order valence-corrected chi connectivity index (χ2v) is 8.40. The van der Waals surface area contributed by atoms with Gasteiger partial charge in [0.1, 0.15) is 12.3 Å². The molecule has 2 aliphatic rings. The maximum atomic E-state index is 12.7. The number of ether oxygens (including phenoxy) is 1. The first kappa shape index (κ1) is 21.2. The van der Waals surface area contributed by atoms with Crippen molar-refractivity contribution in [1.29, 1.82) is 0 Å². The Labute approximate surface area is 192 Å². The third kappa shape index (κ3) is 4.32. The van der Waals surface area contributed by atoms with Crippen molar-refractivity contribution in [2.24, 2.45) is 0 Å². The molecule has 0 bridgehead atoms. The molecule has 2 N–H and O–H groups in total. The van der Waals surface area contributed by atoms with Crippen LogP contribution in [0, 0.1) is 0 Å². The molecule has 5 rings (SSSR count). The monoisotopic (exact) mass is 443 g/mol. The number of piperidine rings is 1. The Morgan fingerprint density at radius 2 is 1.64 bits per heavy atom. The largest absolute Gasteiger partial charge is 0.448 e. The number of fused-ring (bicyclic) bond motifs is 3. The number of nitrogens with one attached hydrogen (secondary N) is 1. The van der Waals surface area contributed by atoms with Crippen molar-refractivity contribution < 1.29 is 19.4 Å². The number of carbonyl (C=O) groups excluding carboxylic acids is 2. The van der Waals surface area contributed by atoms with Crippen molar-refractivity contribution in [1.82, 2.24) is 9.88 Å². The van der Waals surface area contributed by atoms with Gasteiger partial charge in [-0.05, 0) is 47.2 Å². The van der Waals surface area contributed by atoms with Gasteiger partial charge in [-0.25, -0.2) is 4.79 Å². The van der Waals surface area contributed by atoms with E-state index in [1.54, 1.807) is 17.0 Å². The number of benzene rings is 2. The molecule has 7 heteroatoms. The Hall–Kier alpha value is -3.71. The maximum Gasteiger partial charge on any atom is 0.411 e. The van der Waals surface area contributed by atoms with E-state index in [1.165, 1.54) is 17.3 Å². The zero-order valence-corrected chi connectivity index (χ0v) is 18.1. The van der Waals surface area contributed by atoms with Crippen LogP contribution in [0.2, 0.25) is 0 Å². The fraction of sp³-hybridized carbons (Fsp3) is 0.269. The van der Waals surface area contributed by atoms with Crippen LogP contribution in [0.1, 0.15) is 40.4 Å². The van der Waals surface area contributed by atoms with E-state index in [0.717, 1.165) is 11.1 Å². The number of amides is 2. The normalized spacial score (nSPS) is 15.6. The van der Waals surface area contributed by atoms with Gasteiger partial charge in [0.25, 0.3) is 5.91 Å². The second kappa shape index (κ2) is 9.03. The summed E-state index contributed by atoms with van der Waals surface area (Å²) in [6, 6.07) is 19.5. The number of likely N-dealkylation sites (tertiary alicyclic amines) is 1. The third-order valence-electron chi connectivity index (χ3n) is 6.32. The zero-order valence-electron chi connectivity index (χ0n) is 18.1. The summed E-state index contributed by atoms with van der Waals surface area (Å²) in [5, 5.41) is 12.4. The molecule has 3 aromatic rings. The molecule has 2 amide bonds. The van der Waals surface area contributed by atoms with Crippen LogP contribution in [0.25, 0.3) is 11.1 Å². The fourth-order valence-electron chi connectivity index (χ4n) is 4.61. The van der Waals surface area contributed by atoms with Crippen LogP contribution in [0.5, 0.6) is 0 Å². The van der Waals surface area contributed by atoms with Crippen molar-refractivity contribution in [2.45, 2.75) is 24.9 Å². The lowest BCUT2D eigenvalue weighted by Gasteiger charge is -2.29. The highest BCUT2D eigenvalue weighted by Gasteiger charge is 2.29. The highest BCUT2D eigenvalue weighted by atomic mass is 16.5. The molecule has 0 spiro atoms. The van der Waals surface area contributed by atoms with Gasteiger partial charge in [0.2, 0.25) is 0 Å². The Balaban J connectivity index is 1.23. The lowest BCUT2D eigenvalue weighted by atomic mass is 9.98. The number of aliphatic hydroxyl groups is 1. The van der Waals surface area contributed by atoms with Crippen molar-refractivity contribution in [3.05, 3.63) is 83.7 Å². The molecule has 1 fully saturated rings. The van der Waals surface area contributed by atoms with Crippen LogP contribution in [0.4, 0.5) is 10.5 Å². The summed E-state index contributed by atoms with van der Waals surface area (Å²) in [5.74, 6) is -0.231. The summed E-state index contributed by atoms with van der Waals surface area (Å²) < 4.78 is 5.58. The van der Waals surface area contributed by atoms with Gasteiger partial charge in [-0.15, -0.1) is 0 Å². The molecule has 0 unspecified atom stereocenters. The molecule has 1 saturated heterocycles. The van der Waals surface area contributed by atoms with Crippen LogP contribution < -0.4 is 5.32 Å². The van der Waals surface area contributed by atoms with Gasteiger partial charge in [0.15, 0.2) is 0 Å². The number of anilines is 1. The first-order valence-electron chi connectivity index (χ1n) is 11.2. The van der Waals surface area contributed by atoms with Gasteiger partial charge in [-0.2, -0.15) is 0 Å². The van der Waals surface area contributed by atoms with E-state index < -0.39 is 6.09 Å². The van der Waals surface area contributed by atoms with Gasteiger partial charge < -0.3 is 14.7 Å². The molecule has 2 aromatic carbocycles. The molecular formula is C26H25N3O4. The van der Waals surface area contributed by atoms with Crippen LogP contribution >= 0.6 is 0 Å². The van der Waals surface area contributed by atoms with E-state index in [4.69, 9.17) is 4.74 Å². The summed E-state index contributed by atoms with van der Waals surface area (Å²) in [7, 11) is 0. The number of rotatable bonds is 4. The molecule has 2 heterocycles. The molecule has 0 saturated carbocycles. The Morgan fingerprint density at radius 3 is 2.30 bits per heavy atom. The minimum absolute atomic E-state index is 0.0211. The second-order valence-electron chi connectivity index (χ2n) is 8.40. The van der Waals surface area contributed by atoms with E-state index >= 15 is 0 Å². The van der Waals surface area contributed by atoms with E-state index in [-0.39, 0.29) is 30.2 Å². The topological polar surface area (TPSA) is 91.8 Å². The van der Waals surface area contributed by atoms with Gasteiger partial charge in [0, 0.05) is 30.9 Å². The van der Waals surface area contributed by atoms with Crippen LogP contribution in [-0.2, 0) is 4.74 Å². The highest BCUT2D eigenvalue weighted by molar-refractivity contribution is 5.94. The van der Waals surface area contributed by atoms with Gasteiger partial charge >= 0.3 is 6.09 Å². The van der Waals surface area contributed by atoms with E-state index in [0.29, 0.717) is 31.6 Å². The summed E-state index contributed by atoms with van der Waals surface area (Å²) in [5.41, 5.74) is 5.34. The first-order chi connectivity index (χ1) is 16.1. The van der Waals surface area contributed by atoms with Crippen molar-refractivity contribution in [3.8, 4) is 11.1 Å². The number of hydrogen-bond acceptors (Lipinski definition) is 5. The lowest BCUT2D eigenvalue weighted by Crippen LogP contribution is -2.40. The SMILES string of the molecule is O=C(Nc1ccnc(C(=O)N2CCC(O)CC2)c1)OCC1c2ccccc2-c2ccccc21. The number of carbonyl (C=O) groups is 2. The standard InChI is InChI=1S/C26H25N3O4/c30-18-10-13-29(14-11-18)25(31)24-15-17(9-12-27-24)28-26(32)33-16-23-21-7-3-1-5-19(21)20-6-2-4-8-22(20)23/h1-9,12,15,18,23,30H,10-11,13-14,16H2,(H,27,28,32). The number of hydrogen-bond donors (Lipinski definition) is 2. The van der Waals surface area contributed by atoms with E-state index in [2.05, 4.69) is 34.6 Å². The number of nitrogens with zero attached hydrogens (tertiary/aromatic N) is 2. The Kier molecular flexibility index (Phi) is 5.79. The van der Waals surface area contributed by atoms with Gasteiger partial charge in [0.05, 0.1) is 6.10 Å². The molecule has 33 heavy (non-hydrogen) atoms. The fourth-order valence-corrected chi connectivity index (χ4v) is 4.61. The van der Waals surface area contributed by atoms with Crippen molar-refractivity contribution in [2.75, 3.05) is 25.0 Å². The summed E-state index contributed by atoms with van der Waals surface area (Å²) in [6.45, 7) is 1.20. The van der Waals surface area contributed by atoms with Crippen molar-refractivity contribution >= 4 is 17.7 Å². The number of aromatic nitrogens is 1. The minimum Gasteiger partial charge on any atom is -0.448 e. The summed E-state index contributed by atoms with van der Waals surface area (Å²) >= 11 is 0. The molecular weight excluding hydrogens is 418 g/mol. The smallest absolute Gasteiger partial charge is 0.411 e. The molecule has 0 atom stereocenters. The number of aliphatic hydroxyl groups excluding tert-OH is 1. The van der Waals surface area contributed by atoms with Gasteiger partial charge in [-0.1, -0.05) is 48.5 Å². The summed E-state index contributed by atoms with van der Waals surface area (Å²) in [6.07, 6.45) is 1.67. The molecule has 7 nitrogen and oxygen atoms in total. The van der Waals surface area contributed by atoms with Crippen LogP contribution in [-0.4, -0.2) is 52.8 Å². The Morgan fingerprint density at radius 1 is 1.00 bits per heavy atom. The molecule has 168 valence electrons. The average molecular weight is 444 g/mol. The van der Waals surface area contributed by atoms with Crippen LogP contribution in [0.3, 0.4) is 0 Å². The Bertz CT molecular complexity index is 1140. The average Bonchev–Trinajstić information content (AvgIpc) is 3.17. The van der Waals surface area contributed by atoms with Gasteiger partial charge in [-0.3, -0.25) is 15.1 Å². The quantitative estimate of drug-likeness (QED) is 0.635. The number of pyridine rings is 1. The molecule has 0 radical (unpaired) electrons. The van der Waals surface area contributed by atoms with Crippen molar-refractivity contribution in [3.63, 3.8) is 0 Å². The minimum atomic E-state index is -0.581. The molecule has 1 aliphatic heterocycles. The predicted molar refractivity (Wildman–Crippen MR) is 124 cm³/mol.